The van der Waals surface area contributed by atoms with Crippen LogP contribution in [0.15, 0.2) is 42.6 Å². The van der Waals surface area contributed by atoms with Crippen molar-refractivity contribution in [1.29, 1.82) is 0 Å². The van der Waals surface area contributed by atoms with Crippen molar-refractivity contribution in [2.24, 2.45) is 0 Å². The van der Waals surface area contributed by atoms with Crippen LogP contribution in [0.2, 0.25) is 0 Å². The van der Waals surface area contributed by atoms with Crippen LogP contribution in [0.5, 0.6) is 0 Å². The minimum atomic E-state index is -0.310. The van der Waals surface area contributed by atoms with Gasteiger partial charge in [-0.1, -0.05) is 12.1 Å². The number of carbonyl (C=O) groups excluding carboxylic acids is 1. The molecule has 1 N–H and O–H groups in total. The highest BCUT2D eigenvalue weighted by Crippen LogP contribution is 2.23. The van der Waals surface area contributed by atoms with Crippen LogP contribution in [0, 0.1) is 5.82 Å². The van der Waals surface area contributed by atoms with E-state index in [4.69, 9.17) is 0 Å². The topological polar surface area (TPSA) is 59.8 Å². The van der Waals surface area contributed by atoms with Crippen molar-refractivity contribution in [3.8, 4) is 0 Å². The van der Waals surface area contributed by atoms with Gasteiger partial charge in [-0.05, 0) is 50.6 Å². The van der Waals surface area contributed by atoms with Crippen molar-refractivity contribution in [3.63, 3.8) is 0 Å². The molecule has 2 heterocycles. The Morgan fingerprint density at radius 3 is 2.60 bits per heavy atom. The average Bonchev–Trinajstić information content (AvgIpc) is 2.96. The molecular formula is C19H21FN4O. The number of aromatic nitrogens is 3. The van der Waals surface area contributed by atoms with Crippen LogP contribution < -0.4 is 5.32 Å². The second-order valence-electron chi connectivity index (χ2n) is 6.37. The number of benzene rings is 1. The molecule has 0 aliphatic carbocycles. The lowest BCUT2D eigenvalue weighted by Gasteiger charge is -2.18. The smallest absolute Gasteiger partial charge is 0.224 e. The van der Waals surface area contributed by atoms with Crippen LogP contribution in [-0.2, 0) is 11.2 Å². The third-order valence-electron chi connectivity index (χ3n) is 4.04. The van der Waals surface area contributed by atoms with Crippen molar-refractivity contribution in [1.82, 2.24) is 19.9 Å². The molecule has 0 unspecified atom stereocenters. The van der Waals surface area contributed by atoms with E-state index in [-0.39, 0.29) is 30.2 Å². The highest BCUT2D eigenvalue weighted by molar-refractivity contribution is 5.79. The first-order valence-electron chi connectivity index (χ1n) is 8.32. The molecule has 0 spiro atoms. The summed E-state index contributed by atoms with van der Waals surface area (Å²) in [4.78, 5) is 21.4. The summed E-state index contributed by atoms with van der Waals surface area (Å²) < 4.78 is 15.0. The van der Waals surface area contributed by atoms with Gasteiger partial charge < -0.3 is 9.88 Å². The fourth-order valence-corrected chi connectivity index (χ4v) is 2.91. The molecule has 0 aliphatic rings. The van der Waals surface area contributed by atoms with Gasteiger partial charge in [0, 0.05) is 12.2 Å². The van der Waals surface area contributed by atoms with Crippen LogP contribution in [0.4, 0.5) is 4.39 Å². The van der Waals surface area contributed by atoms with E-state index in [9.17, 15) is 9.18 Å². The number of imidazole rings is 1. The van der Waals surface area contributed by atoms with Gasteiger partial charge in [0.25, 0.3) is 0 Å². The number of amides is 1. The van der Waals surface area contributed by atoms with Crippen molar-refractivity contribution in [2.45, 2.75) is 39.3 Å². The lowest BCUT2D eigenvalue weighted by Crippen LogP contribution is -2.30. The van der Waals surface area contributed by atoms with Gasteiger partial charge in [-0.3, -0.25) is 4.79 Å². The monoisotopic (exact) mass is 340 g/mol. The minimum Gasteiger partial charge on any atom is -0.346 e. The third-order valence-corrected chi connectivity index (χ3v) is 4.04. The van der Waals surface area contributed by atoms with E-state index in [0.717, 1.165) is 22.6 Å². The van der Waals surface area contributed by atoms with Gasteiger partial charge in [0.1, 0.15) is 17.2 Å². The first kappa shape index (κ1) is 17.1. The summed E-state index contributed by atoms with van der Waals surface area (Å²) in [5.41, 5.74) is 2.39. The summed E-state index contributed by atoms with van der Waals surface area (Å²) >= 11 is 0. The molecule has 0 bridgehead atoms. The van der Waals surface area contributed by atoms with E-state index < -0.39 is 0 Å². The van der Waals surface area contributed by atoms with E-state index >= 15 is 0 Å². The van der Waals surface area contributed by atoms with Crippen molar-refractivity contribution in [3.05, 3.63) is 59.8 Å². The summed E-state index contributed by atoms with van der Waals surface area (Å²) in [6.45, 7) is 6.03. The van der Waals surface area contributed by atoms with E-state index in [2.05, 4.69) is 29.1 Å². The van der Waals surface area contributed by atoms with E-state index in [0.29, 0.717) is 0 Å². The highest BCUT2D eigenvalue weighted by atomic mass is 19.1. The summed E-state index contributed by atoms with van der Waals surface area (Å²) in [5.74, 6) is 0.335. The van der Waals surface area contributed by atoms with Crippen LogP contribution in [0.3, 0.4) is 0 Å². The van der Waals surface area contributed by atoms with Gasteiger partial charge >= 0.3 is 0 Å². The Labute approximate surface area is 145 Å². The average molecular weight is 340 g/mol. The predicted molar refractivity (Wildman–Crippen MR) is 94.6 cm³/mol. The Bertz CT molecular complexity index is 886. The van der Waals surface area contributed by atoms with Gasteiger partial charge in [-0.2, -0.15) is 0 Å². The quantitative estimate of drug-likeness (QED) is 0.772. The predicted octanol–water partition coefficient (Wildman–Crippen LogP) is 3.57. The fraction of sp³-hybridized carbons (Fsp3) is 0.316. The number of halogens is 1. The Kier molecular flexibility index (Phi) is 4.79. The molecule has 2 aromatic heterocycles. The first-order chi connectivity index (χ1) is 12.0. The molecule has 0 fully saturated rings. The van der Waals surface area contributed by atoms with Crippen molar-refractivity contribution in [2.75, 3.05) is 0 Å². The second-order valence-corrected chi connectivity index (χ2v) is 6.37. The van der Waals surface area contributed by atoms with Crippen molar-refractivity contribution >= 4 is 17.1 Å². The summed E-state index contributed by atoms with van der Waals surface area (Å²) in [7, 11) is 0. The van der Waals surface area contributed by atoms with E-state index in [1.54, 1.807) is 18.3 Å². The molecule has 3 rings (SSSR count). The molecule has 5 nitrogen and oxygen atoms in total. The second kappa shape index (κ2) is 7.01. The zero-order valence-corrected chi connectivity index (χ0v) is 14.5. The van der Waals surface area contributed by atoms with E-state index in [1.165, 1.54) is 12.1 Å². The molecule has 1 atom stereocenters. The molecule has 0 aliphatic heterocycles. The Balaban J connectivity index is 1.79. The Morgan fingerprint density at radius 2 is 1.92 bits per heavy atom. The number of pyridine rings is 1. The summed E-state index contributed by atoms with van der Waals surface area (Å²) in [6, 6.07) is 9.63. The zero-order chi connectivity index (χ0) is 18.0. The summed E-state index contributed by atoms with van der Waals surface area (Å²) in [6.07, 6.45) is 1.94. The molecule has 0 radical (unpaired) electrons. The van der Waals surface area contributed by atoms with Crippen LogP contribution in [0.1, 0.15) is 44.2 Å². The SMILES string of the molecule is CC(C)n1c([C@H](C)NC(=O)Cc2ccc(F)cc2)nc2cccnc21. The minimum absolute atomic E-state index is 0.130. The van der Waals surface area contributed by atoms with Crippen LogP contribution >= 0.6 is 0 Å². The molecule has 0 saturated heterocycles. The molecule has 1 amide bonds. The molecule has 25 heavy (non-hydrogen) atoms. The summed E-state index contributed by atoms with van der Waals surface area (Å²) in [5, 5.41) is 2.97. The molecule has 6 heteroatoms. The lowest BCUT2D eigenvalue weighted by atomic mass is 10.1. The Hall–Kier alpha value is -2.76. The molecular weight excluding hydrogens is 319 g/mol. The normalized spacial score (nSPS) is 12.5. The molecule has 3 aromatic rings. The fourth-order valence-electron chi connectivity index (χ4n) is 2.91. The maximum absolute atomic E-state index is 13.0. The van der Waals surface area contributed by atoms with Crippen LogP contribution in [-0.4, -0.2) is 20.4 Å². The lowest BCUT2D eigenvalue weighted by molar-refractivity contribution is -0.121. The van der Waals surface area contributed by atoms with Gasteiger partial charge in [0.15, 0.2) is 5.65 Å². The third kappa shape index (κ3) is 3.68. The number of hydrogen-bond acceptors (Lipinski definition) is 3. The van der Waals surface area contributed by atoms with Gasteiger partial charge in [0.05, 0.1) is 12.5 Å². The molecule has 1 aromatic carbocycles. The number of rotatable bonds is 5. The van der Waals surface area contributed by atoms with E-state index in [1.807, 2.05) is 23.6 Å². The number of fused-ring (bicyclic) bond motifs is 1. The van der Waals surface area contributed by atoms with Gasteiger partial charge in [-0.25, -0.2) is 14.4 Å². The van der Waals surface area contributed by atoms with Gasteiger partial charge in [0.2, 0.25) is 5.91 Å². The molecule has 130 valence electrons. The zero-order valence-electron chi connectivity index (χ0n) is 14.5. The number of nitrogens with zero attached hydrogens (tertiary/aromatic N) is 3. The number of hydrogen-bond donors (Lipinski definition) is 1. The first-order valence-corrected chi connectivity index (χ1v) is 8.32. The standard InChI is InChI=1S/C19H21FN4O/c1-12(2)24-18(23-16-5-4-10-21-19(16)24)13(3)22-17(25)11-14-6-8-15(20)9-7-14/h4-10,12-13H,11H2,1-3H3,(H,22,25)/t13-/m0/s1. The van der Waals surface area contributed by atoms with Gasteiger partial charge in [-0.15, -0.1) is 0 Å². The Morgan fingerprint density at radius 1 is 1.20 bits per heavy atom. The maximum atomic E-state index is 13.0. The van der Waals surface area contributed by atoms with Crippen molar-refractivity contribution < 1.29 is 9.18 Å². The van der Waals surface area contributed by atoms with Crippen LogP contribution in [0.25, 0.3) is 11.2 Å². The highest BCUT2D eigenvalue weighted by Gasteiger charge is 2.20. The largest absolute Gasteiger partial charge is 0.346 e. The maximum Gasteiger partial charge on any atom is 0.224 e. The molecule has 0 saturated carbocycles. The number of nitrogens with one attached hydrogen (secondary N) is 1. The number of carbonyl (C=O) groups is 1.